The Bertz CT molecular complexity index is 870. The molecular formula is C21H22N2O. The predicted octanol–water partition coefficient (Wildman–Crippen LogP) is 4.77. The van der Waals surface area contributed by atoms with E-state index in [2.05, 4.69) is 11.4 Å². The lowest BCUT2D eigenvalue weighted by atomic mass is 9.99. The van der Waals surface area contributed by atoms with Gasteiger partial charge in [0, 0.05) is 5.69 Å². The van der Waals surface area contributed by atoms with Crippen LogP contribution in [0.4, 0.5) is 5.69 Å². The van der Waals surface area contributed by atoms with Gasteiger partial charge in [-0.15, -0.1) is 0 Å². The van der Waals surface area contributed by atoms with Gasteiger partial charge in [-0.2, -0.15) is 5.26 Å². The van der Waals surface area contributed by atoms with Gasteiger partial charge in [-0.25, -0.2) is 0 Å². The fourth-order valence-electron chi connectivity index (χ4n) is 2.52. The number of anilines is 1. The van der Waals surface area contributed by atoms with Crippen LogP contribution < -0.4 is 5.32 Å². The lowest BCUT2D eigenvalue weighted by Crippen LogP contribution is -2.14. The zero-order chi connectivity index (χ0) is 17.9. The molecule has 0 spiro atoms. The van der Waals surface area contributed by atoms with E-state index in [0.29, 0.717) is 0 Å². The minimum Gasteiger partial charge on any atom is -0.321 e. The molecule has 2 rings (SSSR count). The minimum atomic E-state index is -0.385. The summed E-state index contributed by atoms with van der Waals surface area (Å²) in [6.45, 7) is 10.00. The summed E-state index contributed by atoms with van der Waals surface area (Å²) < 4.78 is 0. The van der Waals surface area contributed by atoms with Gasteiger partial charge in [-0.3, -0.25) is 4.79 Å². The number of nitriles is 1. The summed E-state index contributed by atoms with van der Waals surface area (Å²) in [6, 6.07) is 11.8. The molecule has 0 saturated carbocycles. The number of nitrogens with one attached hydrogen (secondary N) is 1. The number of rotatable bonds is 3. The molecule has 0 unspecified atom stereocenters. The summed E-state index contributed by atoms with van der Waals surface area (Å²) in [5.74, 6) is -0.385. The van der Waals surface area contributed by atoms with Crippen LogP contribution in [-0.4, -0.2) is 5.91 Å². The molecule has 0 aliphatic rings. The highest BCUT2D eigenvalue weighted by Gasteiger charge is 2.12. The average molecular weight is 318 g/mol. The molecule has 2 aromatic rings. The van der Waals surface area contributed by atoms with Gasteiger partial charge in [0.25, 0.3) is 5.91 Å². The summed E-state index contributed by atoms with van der Waals surface area (Å²) in [5, 5.41) is 12.2. The number of carbonyl (C=O) groups excluding carboxylic acids is 1. The zero-order valence-electron chi connectivity index (χ0n) is 14.8. The molecule has 0 aliphatic heterocycles. The van der Waals surface area contributed by atoms with Crippen molar-refractivity contribution < 1.29 is 4.79 Å². The van der Waals surface area contributed by atoms with Gasteiger partial charge in [0.15, 0.2) is 0 Å². The maximum atomic E-state index is 12.5. The van der Waals surface area contributed by atoms with Gasteiger partial charge < -0.3 is 5.32 Å². The van der Waals surface area contributed by atoms with Crippen LogP contribution >= 0.6 is 0 Å². The van der Waals surface area contributed by atoms with Crippen molar-refractivity contribution in [2.45, 2.75) is 34.6 Å². The minimum absolute atomic E-state index is 0.0993. The first kappa shape index (κ1) is 17.5. The molecule has 24 heavy (non-hydrogen) atoms. The predicted molar refractivity (Wildman–Crippen MR) is 98.8 cm³/mol. The quantitative estimate of drug-likeness (QED) is 0.654. The van der Waals surface area contributed by atoms with Gasteiger partial charge in [0.1, 0.15) is 11.6 Å². The van der Waals surface area contributed by atoms with Gasteiger partial charge in [0.2, 0.25) is 0 Å². The molecule has 0 bridgehead atoms. The van der Waals surface area contributed by atoms with Crippen LogP contribution in [0.25, 0.3) is 6.08 Å². The van der Waals surface area contributed by atoms with Crippen molar-refractivity contribution in [3.63, 3.8) is 0 Å². The summed E-state index contributed by atoms with van der Waals surface area (Å²) in [6.07, 6.45) is 1.65. The summed E-state index contributed by atoms with van der Waals surface area (Å²) in [7, 11) is 0. The smallest absolute Gasteiger partial charge is 0.266 e. The van der Waals surface area contributed by atoms with E-state index in [4.69, 9.17) is 0 Å². The van der Waals surface area contributed by atoms with E-state index >= 15 is 0 Å². The van der Waals surface area contributed by atoms with E-state index in [-0.39, 0.29) is 11.5 Å². The maximum Gasteiger partial charge on any atom is 0.266 e. The summed E-state index contributed by atoms with van der Waals surface area (Å²) in [5.41, 5.74) is 7.21. The molecule has 3 nitrogen and oxygen atoms in total. The van der Waals surface area contributed by atoms with Gasteiger partial charge in [0.05, 0.1) is 0 Å². The van der Waals surface area contributed by atoms with Crippen molar-refractivity contribution in [2.75, 3.05) is 5.32 Å². The third-order valence-electron chi connectivity index (χ3n) is 4.40. The van der Waals surface area contributed by atoms with Gasteiger partial charge in [-0.05, 0) is 80.1 Å². The second kappa shape index (κ2) is 7.14. The molecule has 0 aliphatic carbocycles. The van der Waals surface area contributed by atoms with E-state index in [1.54, 1.807) is 6.08 Å². The highest BCUT2D eigenvalue weighted by atomic mass is 16.1. The molecule has 0 fully saturated rings. The number of carbonyl (C=O) groups is 1. The van der Waals surface area contributed by atoms with Crippen molar-refractivity contribution in [2.24, 2.45) is 0 Å². The lowest BCUT2D eigenvalue weighted by molar-refractivity contribution is -0.112. The second-order valence-corrected chi connectivity index (χ2v) is 6.16. The molecule has 122 valence electrons. The van der Waals surface area contributed by atoms with Crippen molar-refractivity contribution in [3.8, 4) is 6.07 Å². The highest BCUT2D eigenvalue weighted by Crippen LogP contribution is 2.21. The monoisotopic (exact) mass is 318 g/mol. The number of benzene rings is 2. The average Bonchev–Trinajstić information content (AvgIpc) is 2.54. The molecule has 0 atom stereocenters. The molecule has 0 heterocycles. The summed E-state index contributed by atoms with van der Waals surface area (Å²) in [4.78, 5) is 12.5. The van der Waals surface area contributed by atoms with Crippen molar-refractivity contribution in [3.05, 3.63) is 69.3 Å². The Kier molecular flexibility index (Phi) is 5.21. The molecule has 3 heteroatoms. The van der Waals surface area contributed by atoms with Crippen LogP contribution in [0.15, 0.2) is 35.9 Å². The first-order valence-corrected chi connectivity index (χ1v) is 7.90. The van der Waals surface area contributed by atoms with Crippen molar-refractivity contribution in [1.29, 1.82) is 5.26 Å². The molecule has 0 aromatic heterocycles. The third-order valence-corrected chi connectivity index (χ3v) is 4.40. The standard InChI is InChI=1S/C21H22N2O/c1-13-7-6-8-20(17(13)5)23-21(24)19(12-22)11-18-10-15(3)14(2)9-16(18)4/h6-11H,1-5H3,(H,23,24)/b19-11+. The van der Waals surface area contributed by atoms with Gasteiger partial charge >= 0.3 is 0 Å². The van der Waals surface area contributed by atoms with Crippen LogP contribution in [0.2, 0.25) is 0 Å². The fraction of sp³-hybridized carbons (Fsp3) is 0.238. The highest BCUT2D eigenvalue weighted by molar-refractivity contribution is 6.10. The van der Waals surface area contributed by atoms with E-state index in [9.17, 15) is 10.1 Å². The molecule has 1 N–H and O–H groups in total. The number of aryl methyl sites for hydroxylation is 4. The first-order valence-electron chi connectivity index (χ1n) is 7.90. The topological polar surface area (TPSA) is 52.9 Å². The zero-order valence-corrected chi connectivity index (χ0v) is 14.8. The molecule has 2 aromatic carbocycles. The van der Waals surface area contributed by atoms with E-state index in [1.165, 1.54) is 5.56 Å². The van der Waals surface area contributed by atoms with Crippen LogP contribution in [0.3, 0.4) is 0 Å². The molecule has 1 amide bonds. The Hall–Kier alpha value is -2.86. The SMILES string of the molecule is Cc1cc(C)c(/C=C(\C#N)C(=O)Nc2cccc(C)c2C)cc1C. The molecule has 0 radical (unpaired) electrons. The van der Waals surface area contributed by atoms with Crippen LogP contribution in [-0.2, 0) is 4.79 Å². The first-order chi connectivity index (χ1) is 11.3. The maximum absolute atomic E-state index is 12.5. The Morgan fingerprint density at radius 3 is 2.33 bits per heavy atom. The van der Waals surface area contributed by atoms with E-state index < -0.39 is 0 Å². The summed E-state index contributed by atoms with van der Waals surface area (Å²) >= 11 is 0. The van der Waals surface area contributed by atoms with Crippen LogP contribution in [0.1, 0.15) is 33.4 Å². The number of amides is 1. The van der Waals surface area contributed by atoms with E-state index in [1.807, 2.05) is 65.0 Å². The number of hydrogen-bond donors (Lipinski definition) is 1. The normalized spacial score (nSPS) is 11.1. The van der Waals surface area contributed by atoms with Crippen LogP contribution in [0.5, 0.6) is 0 Å². The molecule has 0 saturated heterocycles. The van der Waals surface area contributed by atoms with Crippen molar-refractivity contribution in [1.82, 2.24) is 0 Å². The Morgan fingerprint density at radius 1 is 1.00 bits per heavy atom. The molecular weight excluding hydrogens is 296 g/mol. The van der Waals surface area contributed by atoms with Crippen LogP contribution in [0, 0.1) is 45.9 Å². The van der Waals surface area contributed by atoms with E-state index in [0.717, 1.165) is 33.5 Å². The Labute approximate surface area is 143 Å². The third kappa shape index (κ3) is 3.72. The van der Waals surface area contributed by atoms with Gasteiger partial charge in [-0.1, -0.05) is 24.3 Å². The number of nitrogens with zero attached hydrogens (tertiary/aromatic N) is 1. The lowest BCUT2D eigenvalue weighted by Gasteiger charge is -2.10. The number of hydrogen-bond acceptors (Lipinski definition) is 2. The fourth-order valence-corrected chi connectivity index (χ4v) is 2.52. The largest absolute Gasteiger partial charge is 0.321 e. The second-order valence-electron chi connectivity index (χ2n) is 6.16. The van der Waals surface area contributed by atoms with Crippen molar-refractivity contribution >= 4 is 17.7 Å². The Morgan fingerprint density at radius 2 is 1.67 bits per heavy atom. The Balaban J connectivity index is 2.35.